The van der Waals surface area contributed by atoms with Crippen LogP contribution in [0.5, 0.6) is 0 Å². The summed E-state index contributed by atoms with van der Waals surface area (Å²) in [6.07, 6.45) is 4.50. The number of hydrogen-bond acceptors (Lipinski definition) is 4. The molecular formula is C21H20BrNO3. The SMILES string of the molecule is C=CC(=O)OCCN(C)c1ccc(C(=O)/C=C/c2ccc(Br)cc2)cc1. The van der Waals surface area contributed by atoms with Crippen LogP contribution < -0.4 is 4.90 Å². The van der Waals surface area contributed by atoms with Gasteiger partial charge in [0.25, 0.3) is 0 Å². The first kappa shape index (κ1) is 19.7. The Morgan fingerprint density at radius 2 is 1.77 bits per heavy atom. The fraction of sp³-hybridized carbons (Fsp3) is 0.143. The van der Waals surface area contributed by atoms with Gasteiger partial charge < -0.3 is 9.64 Å². The van der Waals surface area contributed by atoms with E-state index >= 15 is 0 Å². The molecule has 0 bridgehead atoms. The summed E-state index contributed by atoms with van der Waals surface area (Å²) in [4.78, 5) is 25.2. The fourth-order valence-corrected chi connectivity index (χ4v) is 2.46. The molecule has 0 amide bonds. The van der Waals surface area contributed by atoms with Gasteiger partial charge in [-0.05, 0) is 48.0 Å². The Bertz CT molecular complexity index is 795. The highest BCUT2D eigenvalue weighted by molar-refractivity contribution is 9.10. The van der Waals surface area contributed by atoms with Crippen molar-refractivity contribution in [2.45, 2.75) is 0 Å². The number of carbonyl (C=O) groups is 2. The minimum Gasteiger partial charge on any atom is -0.461 e. The molecule has 0 aliphatic rings. The lowest BCUT2D eigenvalue weighted by Crippen LogP contribution is -2.23. The van der Waals surface area contributed by atoms with Crippen LogP contribution in [0.2, 0.25) is 0 Å². The van der Waals surface area contributed by atoms with Crippen LogP contribution in [0.25, 0.3) is 6.08 Å². The molecule has 2 aromatic carbocycles. The monoisotopic (exact) mass is 413 g/mol. The lowest BCUT2D eigenvalue weighted by molar-refractivity contribution is -0.137. The molecule has 0 radical (unpaired) electrons. The highest BCUT2D eigenvalue weighted by Crippen LogP contribution is 2.15. The number of esters is 1. The molecule has 5 heteroatoms. The molecule has 0 aromatic heterocycles. The van der Waals surface area contributed by atoms with E-state index in [1.54, 1.807) is 24.3 Å². The third-order valence-corrected chi connectivity index (χ3v) is 4.26. The van der Waals surface area contributed by atoms with Crippen molar-refractivity contribution < 1.29 is 14.3 Å². The molecule has 0 saturated carbocycles. The first-order valence-electron chi connectivity index (χ1n) is 8.08. The first-order chi connectivity index (χ1) is 12.5. The van der Waals surface area contributed by atoms with Crippen molar-refractivity contribution in [3.05, 3.63) is 82.9 Å². The number of nitrogens with zero attached hydrogens (tertiary/aromatic N) is 1. The number of anilines is 1. The van der Waals surface area contributed by atoms with Crippen LogP contribution in [0, 0.1) is 0 Å². The lowest BCUT2D eigenvalue weighted by atomic mass is 10.1. The molecule has 0 aliphatic carbocycles. The Morgan fingerprint density at radius 1 is 1.12 bits per heavy atom. The molecule has 0 saturated heterocycles. The van der Waals surface area contributed by atoms with Gasteiger partial charge in [-0.1, -0.05) is 40.7 Å². The first-order valence-corrected chi connectivity index (χ1v) is 8.87. The Morgan fingerprint density at radius 3 is 2.38 bits per heavy atom. The van der Waals surface area contributed by atoms with Crippen molar-refractivity contribution in [3.8, 4) is 0 Å². The normalized spacial score (nSPS) is 10.5. The summed E-state index contributed by atoms with van der Waals surface area (Å²) in [7, 11) is 1.89. The second kappa shape index (κ2) is 9.73. The standard InChI is InChI=1S/C21H20BrNO3/c1-3-21(25)26-15-14-23(2)19-11-7-17(8-12-19)20(24)13-6-16-4-9-18(22)10-5-16/h3-13H,1,14-15H2,2H3/b13-6+. The Hall–Kier alpha value is -2.66. The van der Waals surface area contributed by atoms with Gasteiger partial charge in [0.2, 0.25) is 0 Å². The van der Waals surface area contributed by atoms with Crippen molar-refractivity contribution in [2.75, 3.05) is 25.1 Å². The van der Waals surface area contributed by atoms with E-state index in [0.29, 0.717) is 12.1 Å². The highest BCUT2D eigenvalue weighted by Gasteiger charge is 2.05. The van der Waals surface area contributed by atoms with Crippen LogP contribution >= 0.6 is 15.9 Å². The molecule has 0 unspecified atom stereocenters. The maximum atomic E-state index is 12.3. The van der Waals surface area contributed by atoms with E-state index in [1.165, 1.54) is 0 Å². The molecule has 0 fully saturated rings. The number of hydrogen-bond donors (Lipinski definition) is 0. The van der Waals surface area contributed by atoms with Crippen LogP contribution in [0.3, 0.4) is 0 Å². The van der Waals surface area contributed by atoms with E-state index in [-0.39, 0.29) is 12.4 Å². The van der Waals surface area contributed by atoms with Crippen molar-refractivity contribution in [2.24, 2.45) is 0 Å². The molecule has 2 rings (SSSR count). The molecule has 4 nitrogen and oxygen atoms in total. The number of ketones is 1. The zero-order valence-electron chi connectivity index (χ0n) is 14.5. The summed E-state index contributed by atoms with van der Waals surface area (Å²) in [6, 6.07) is 15.1. The van der Waals surface area contributed by atoms with Gasteiger partial charge >= 0.3 is 5.97 Å². The smallest absolute Gasteiger partial charge is 0.330 e. The highest BCUT2D eigenvalue weighted by atomic mass is 79.9. The molecule has 26 heavy (non-hydrogen) atoms. The second-order valence-corrected chi connectivity index (χ2v) is 6.50. The maximum absolute atomic E-state index is 12.3. The van der Waals surface area contributed by atoms with Crippen LogP contribution in [0.1, 0.15) is 15.9 Å². The van der Waals surface area contributed by atoms with Crippen LogP contribution in [-0.2, 0) is 9.53 Å². The third kappa shape index (κ3) is 6.01. The average Bonchev–Trinajstić information content (AvgIpc) is 2.67. The van der Waals surface area contributed by atoms with Crippen molar-refractivity contribution in [3.63, 3.8) is 0 Å². The summed E-state index contributed by atoms with van der Waals surface area (Å²) in [5, 5.41) is 0. The number of benzene rings is 2. The number of allylic oxidation sites excluding steroid dienone is 1. The number of likely N-dealkylation sites (N-methyl/N-ethyl adjacent to an activating group) is 1. The van der Waals surface area contributed by atoms with Crippen LogP contribution in [0.15, 0.2) is 71.7 Å². The summed E-state index contributed by atoms with van der Waals surface area (Å²) in [6.45, 7) is 4.18. The van der Waals surface area contributed by atoms with Gasteiger partial charge in [0.1, 0.15) is 6.61 Å². The number of halogens is 1. The Kier molecular flexibility index (Phi) is 7.36. The maximum Gasteiger partial charge on any atom is 0.330 e. The topological polar surface area (TPSA) is 46.6 Å². The average molecular weight is 414 g/mol. The quantitative estimate of drug-likeness (QED) is 0.362. The molecule has 0 spiro atoms. The summed E-state index contributed by atoms with van der Waals surface area (Å²) in [5.41, 5.74) is 2.52. The third-order valence-electron chi connectivity index (χ3n) is 3.73. The molecule has 0 atom stereocenters. The molecule has 2 aromatic rings. The number of ether oxygens (including phenoxy) is 1. The van der Waals surface area contributed by atoms with Gasteiger partial charge in [-0.3, -0.25) is 4.79 Å². The largest absolute Gasteiger partial charge is 0.461 e. The van der Waals surface area contributed by atoms with E-state index in [0.717, 1.165) is 21.8 Å². The van der Waals surface area contributed by atoms with E-state index in [4.69, 9.17) is 4.74 Å². The molecular weight excluding hydrogens is 394 g/mol. The number of carbonyl (C=O) groups excluding carboxylic acids is 2. The van der Waals surface area contributed by atoms with Crippen LogP contribution in [-0.4, -0.2) is 32.0 Å². The van der Waals surface area contributed by atoms with E-state index in [9.17, 15) is 9.59 Å². The summed E-state index contributed by atoms with van der Waals surface area (Å²) in [5.74, 6) is -0.487. The van der Waals surface area contributed by atoms with Gasteiger partial charge in [0, 0.05) is 28.8 Å². The van der Waals surface area contributed by atoms with Gasteiger partial charge in [-0.2, -0.15) is 0 Å². The molecule has 0 aliphatic heterocycles. The van der Waals surface area contributed by atoms with Gasteiger partial charge in [-0.25, -0.2) is 4.79 Å². The summed E-state index contributed by atoms with van der Waals surface area (Å²) >= 11 is 3.38. The van der Waals surface area contributed by atoms with E-state index in [1.807, 2.05) is 48.3 Å². The minimum absolute atomic E-state index is 0.0537. The van der Waals surface area contributed by atoms with E-state index < -0.39 is 5.97 Å². The zero-order valence-corrected chi connectivity index (χ0v) is 16.1. The predicted octanol–water partition coefficient (Wildman–Crippen LogP) is 4.51. The summed E-state index contributed by atoms with van der Waals surface area (Å²) < 4.78 is 5.96. The van der Waals surface area contributed by atoms with Crippen molar-refractivity contribution in [1.29, 1.82) is 0 Å². The lowest BCUT2D eigenvalue weighted by Gasteiger charge is -2.19. The second-order valence-electron chi connectivity index (χ2n) is 5.59. The van der Waals surface area contributed by atoms with Gasteiger partial charge in [0.05, 0.1) is 6.54 Å². The number of rotatable bonds is 8. The predicted molar refractivity (Wildman–Crippen MR) is 108 cm³/mol. The Balaban J connectivity index is 1.93. The molecule has 0 heterocycles. The van der Waals surface area contributed by atoms with Gasteiger partial charge in [0.15, 0.2) is 5.78 Å². The Labute approximate surface area is 161 Å². The van der Waals surface area contributed by atoms with Crippen LogP contribution in [0.4, 0.5) is 5.69 Å². The minimum atomic E-state index is -0.433. The molecule has 134 valence electrons. The fourth-order valence-electron chi connectivity index (χ4n) is 2.19. The zero-order chi connectivity index (χ0) is 18.9. The van der Waals surface area contributed by atoms with Gasteiger partial charge in [-0.15, -0.1) is 0 Å². The van der Waals surface area contributed by atoms with Crippen molar-refractivity contribution in [1.82, 2.24) is 0 Å². The van der Waals surface area contributed by atoms with E-state index in [2.05, 4.69) is 22.5 Å². The molecule has 0 N–H and O–H groups in total. The van der Waals surface area contributed by atoms with Crippen molar-refractivity contribution >= 4 is 39.4 Å².